The third kappa shape index (κ3) is 4.14. The van der Waals surface area contributed by atoms with E-state index in [9.17, 15) is 4.79 Å². The maximum atomic E-state index is 10.8. The molecular weight excluding hydrogens is 262 g/mol. The zero-order chi connectivity index (χ0) is 13.7. The first kappa shape index (κ1) is 13.7. The number of carboxylic acid groups (broad SMARTS) is 1. The monoisotopic (exact) mass is 277 g/mol. The molecule has 1 aliphatic heterocycles. The van der Waals surface area contributed by atoms with E-state index >= 15 is 0 Å². The predicted octanol–water partition coefficient (Wildman–Crippen LogP) is 4.05. The Kier molecular flexibility index (Phi) is 4.63. The van der Waals surface area contributed by atoms with Gasteiger partial charge in [-0.3, -0.25) is 0 Å². The van der Waals surface area contributed by atoms with Crippen LogP contribution in [0.5, 0.6) is 0 Å². The molecule has 1 aromatic carbocycles. The maximum absolute atomic E-state index is 10.8. The van der Waals surface area contributed by atoms with Gasteiger partial charge < -0.3 is 10.0 Å². The van der Waals surface area contributed by atoms with Gasteiger partial charge in [0.05, 0.1) is 0 Å². The van der Waals surface area contributed by atoms with E-state index < -0.39 is 6.09 Å². The third-order valence-corrected chi connectivity index (χ3v) is 3.38. The zero-order valence-electron chi connectivity index (χ0n) is 10.6. The van der Waals surface area contributed by atoms with Crippen molar-refractivity contribution in [3.8, 4) is 0 Å². The molecule has 1 N–H and O–H groups in total. The number of piperidine rings is 1. The fourth-order valence-corrected chi connectivity index (χ4v) is 2.26. The zero-order valence-corrected chi connectivity index (χ0v) is 11.3. The van der Waals surface area contributed by atoms with E-state index in [-0.39, 0.29) is 0 Å². The van der Waals surface area contributed by atoms with Crippen LogP contribution in [0.2, 0.25) is 5.02 Å². The number of likely N-dealkylation sites (tertiary alicyclic amines) is 1. The van der Waals surface area contributed by atoms with Gasteiger partial charge in [-0.05, 0) is 30.5 Å². The maximum Gasteiger partial charge on any atom is 0.407 e. The summed E-state index contributed by atoms with van der Waals surface area (Å²) >= 11 is 5.91. The fraction of sp³-hybridized carbons (Fsp3) is 0.267. The van der Waals surface area contributed by atoms with E-state index in [1.54, 1.807) is 0 Å². The summed E-state index contributed by atoms with van der Waals surface area (Å²) in [5.41, 5.74) is 2.35. The molecule has 1 heterocycles. The Morgan fingerprint density at radius 3 is 2.68 bits per heavy atom. The molecule has 0 aromatic heterocycles. The van der Waals surface area contributed by atoms with Gasteiger partial charge in [-0.2, -0.15) is 0 Å². The molecule has 0 radical (unpaired) electrons. The minimum absolute atomic E-state index is 0.589. The molecule has 1 amide bonds. The number of amides is 1. The van der Waals surface area contributed by atoms with Gasteiger partial charge in [0, 0.05) is 18.1 Å². The number of nitrogens with zero attached hydrogens (tertiary/aromatic N) is 1. The highest BCUT2D eigenvalue weighted by Gasteiger charge is 2.16. The molecule has 0 spiro atoms. The Balaban J connectivity index is 1.91. The Labute approximate surface area is 117 Å². The van der Waals surface area contributed by atoms with Crippen molar-refractivity contribution in [2.45, 2.75) is 12.8 Å². The van der Waals surface area contributed by atoms with Crippen LogP contribution in [0, 0.1) is 0 Å². The Hall–Kier alpha value is -1.74. The summed E-state index contributed by atoms with van der Waals surface area (Å²) in [5.74, 6) is 0. The molecule has 2 rings (SSSR count). The lowest BCUT2D eigenvalue weighted by molar-refractivity contribution is 0.141. The number of carbonyl (C=O) groups is 1. The van der Waals surface area contributed by atoms with Gasteiger partial charge in [-0.15, -0.1) is 0 Å². The molecule has 100 valence electrons. The molecule has 3 nitrogen and oxygen atoms in total. The quantitative estimate of drug-likeness (QED) is 0.886. The second kappa shape index (κ2) is 6.43. The number of rotatable bonds is 2. The predicted molar refractivity (Wildman–Crippen MR) is 77.4 cm³/mol. The summed E-state index contributed by atoms with van der Waals surface area (Å²) in [6.45, 7) is 1.18. The number of hydrogen-bond acceptors (Lipinski definition) is 1. The molecule has 0 atom stereocenters. The minimum atomic E-state index is -0.825. The van der Waals surface area contributed by atoms with Gasteiger partial charge in [0.25, 0.3) is 0 Å². The van der Waals surface area contributed by atoms with Gasteiger partial charge in [0.1, 0.15) is 0 Å². The van der Waals surface area contributed by atoms with E-state index in [1.807, 2.05) is 36.4 Å². The summed E-state index contributed by atoms with van der Waals surface area (Å²) < 4.78 is 0. The molecule has 1 aromatic rings. The van der Waals surface area contributed by atoms with Gasteiger partial charge in [-0.25, -0.2) is 4.79 Å². The molecule has 1 saturated heterocycles. The smallest absolute Gasteiger partial charge is 0.407 e. The molecule has 19 heavy (non-hydrogen) atoms. The largest absolute Gasteiger partial charge is 0.465 e. The summed E-state index contributed by atoms with van der Waals surface area (Å²) in [4.78, 5) is 12.2. The van der Waals surface area contributed by atoms with E-state index in [1.165, 1.54) is 10.5 Å². The first-order valence-corrected chi connectivity index (χ1v) is 6.62. The molecule has 0 unspecified atom stereocenters. The van der Waals surface area contributed by atoms with E-state index in [0.717, 1.165) is 23.4 Å². The second-order valence-electron chi connectivity index (χ2n) is 4.51. The van der Waals surface area contributed by atoms with Crippen molar-refractivity contribution in [3.63, 3.8) is 0 Å². The van der Waals surface area contributed by atoms with Crippen molar-refractivity contribution in [1.29, 1.82) is 0 Å². The number of hydrogen-bond donors (Lipinski definition) is 1. The first-order valence-electron chi connectivity index (χ1n) is 6.25. The van der Waals surface area contributed by atoms with Crippen LogP contribution in [-0.4, -0.2) is 29.2 Å². The van der Waals surface area contributed by atoms with Crippen LogP contribution in [0.3, 0.4) is 0 Å². The number of allylic oxidation sites excluding steroid dienone is 2. The molecule has 1 aliphatic rings. The van der Waals surface area contributed by atoms with Crippen molar-refractivity contribution in [1.82, 2.24) is 4.90 Å². The third-order valence-electron chi connectivity index (χ3n) is 3.15. The lowest BCUT2D eigenvalue weighted by atomic mass is 10.0. The van der Waals surface area contributed by atoms with Gasteiger partial charge >= 0.3 is 6.09 Å². The average Bonchev–Trinajstić information content (AvgIpc) is 2.39. The highest BCUT2D eigenvalue weighted by atomic mass is 35.5. The summed E-state index contributed by atoms with van der Waals surface area (Å²) in [6.07, 6.45) is 6.87. The van der Waals surface area contributed by atoms with Crippen LogP contribution in [0.1, 0.15) is 18.4 Å². The highest BCUT2D eigenvalue weighted by molar-refractivity contribution is 6.30. The van der Waals surface area contributed by atoms with Crippen LogP contribution >= 0.6 is 11.6 Å². The van der Waals surface area contributed by atoms with Gasteiger partial charge in [-0.1, -0.05) is 47.5 Å². The van der Waals surface area contributed by atoms with Crippen LogP contribution < -0.4 is 0 Å². The van der Waals surface area contributed by atoms with E-state index in [4.69, 9.17) is 16.7 Å². The summed E-state index contributed by atoms with van der Waals surface area (Å²) in [5, 5.41) is 9.58. The normalized spacial score (nSPS) is 15.8. The van der Waals surface area contributed by atoms with E-state index in [0.29, 0.717) is 13.1 Å². The Morgan fingerprint density at radius 1 is 1.32 bits per heavy atom. The van der Waals surface area contributed by atoms with Crippen molar-refractivity contribution >= 4 is 23.8 Å². The van der Waals surface area contributed by atoms with E-state index in [2.05, 4.69) is 6.08 Å². The Bertz CT molecular complexity index is 513. The lowest BCUT2D eigenvalue weighted by Gasteiger charge is -2.25. The molecule has 0 saturated carbocycles. The SMILES string of the molecule is O=C(O)N1CCC(=C/C=C/c2cccc(Cl)c2)CC1. The summed E-state index contributed by atoms with van der Waals surface area (Å²) in [6, 6.07) is 7.66. The van der Waals surface area contributed by atoms with Crippen molar-refractivity contribution in [2.75, 3.05) is 13.1 Å². The van der Waals surface area contributed by atoms with Gasteiger partial charge in [0.15, 0.2) is 0 Å². The minimum Gasteiger partial charge on any atom is -0.465 e. The average molecular weight is 278 g/mol. The second-order valence-corrected chi connectivity index (χ2v) is 4.95. The van der Waals surface area contributed by atoms with Crippen molar-refractivity contribution in [3.05, 3.63) is 52.6 Å². The standard InChI is InChI=1S/C15H16ClNO2/c16-14-6-2-5-13(11-14)4-1-3-12-7-9-17(10-8-12)15(18)19/h1-6,11H,7-10H2,(H,18,19)/b4-1+. The van der Waals surface area contributed by atoms with Gasteiger partial charge in [0.2, 0.25) is 0 Å². The lowest BCUT2D eigenvalue weighted by Crippen LogP contribution is -2.35. The molecule has 0 bridgehead atoms. The topological polar surface area (TPSA) is 40.5 Å². The molecule has 1 fully saturated rings. The molecular formula is C15H16ClNO2. The van der Waals surface area contributed by atoms with Crippen LogP contribution in [-0.2, 0) is 0 Å². The molecule has 0 aliphatic carbocycles. The molecule has 4 heteroatoms. The number of halogens is 1. The van der Waals surface area contributed by atoms with Crippen LogP contribution in [0.4, 0.5) is 4.79 Å². The van der Waals surface area contributed by atoms with Crippen LogP contribution in [0.25, 0.3) is 6.08 Å². The van der Waals surface area contributed by atoms with Crippen LogP contribution in [0.15, 0.2) is 42.0 Å². The Morgan fingerprint density at radius 2 is 2.05 bits per heavy atom. The number of benzene rings is 1. The first-order chi connectivity index (χ1) is 9.15. The highest BCUT2D eigenvalue weighted by Crippen LogP contribution is 2.17. The van der Waals surface area contributed by atoms with Crippen molar-refractivity contribution < 1.29 is 9.90 Å². The van der Waals surface area contributed by atoms with Crippen molar-refractivity contribution in [2.24, 2.45) is 0 Å². The fourth-order valence-electron chi connectivity index (χ4n) is 2.06. The summed E-state index contributed by atoms with van der Waals surface area (Å²) in [7, 11) is 0.